The fraction of sp³-hybridized carbons (Fsp3) is 0.500. The number of hydrogen-bond donors (Lipinski definition) is 2. The summed E-state index contributed by atoms with van der Waals surface area (Å²) >= 11 is 0. The summed E-state index contributed by atoms with van der Waals surface area (Å²) in [5.41, 5.74) is 6.43. The molecule has 1 atom stereocenters. The van der Waals surface area contributed by atoms with E-state index in [9.17, 15) is 4.79 Å². The van der Waals surface area contributed by atoms with Crippen LogP contribution in [0.4, 0.5) is 0 Å². The zero-order valence-electron chi connectivity index (χ0n) is 11.7. The smallest absolute Gasteiger partial charge is 0.224 e. The third-order valence-corrected chi connectivity index (χ3v) is 2.96. The maximum atomic E-state index is 11.9. The lowest BCUT2D eigenvalue weighted by atomic mass is 10.1. The molecule has 3 N–H and O–H groups in total. The van der Waals surface area contributed by atoms with Crippen LogP contribution in [0.3, 0.4) is 0 Å². The van der Waals surface area contributed by atoms with Crippen molar-refractivity contribution >= 4 is 5.91 Å². The van der Waals surface area contributed by atoms with Crippen molar-refractivity contribution in [2.24, 2.45) is 5.73 Å². The molecule has 106 valence electrons. The van der Waals surface area contributed by atoms with E-state index in [1.807, 2.05) is 19.1 Å². The number of rotatable bonds is 7. The van der Waals surface area contributed by atoms with Gasteiger partial charge in [-0.3, -0.25) is 4.79 Å². The van der Waals surface area contributed by atoms with Gasteiger partial charge < -0.3 is 20.5 Å². The van der Waals surface area contributed by atoms with Crippen LogP contribution in [-0.4, -0.2) is 32.7 Å². The summed E-state index contributed by atoms with van der Waals surface area (Å²) in [7, 11) is 3.15. The monoisotopic (exact) mass is 266 g/mol. The van der Waals surface area contributed by atoms with Gasteiger partial charge in [-0.1, -0.05) is 13.0 Å². The lowest BCUT2D eigenvalue weighted by Gasteiger charge is -2.15. The molecule has 0 heterocycles. The summed E-state index contributed by atoms with van der Waals surface area (Å²) < 4.78 is 10.4. The number of nitrogens with two attached hydrogens (primary N) is 1. The molecular weight excluding hydrogens is 244 g/mol. The number of carbonyl (C=O) groups is 1. The van der Waals surface area contributed by atoms with E-state index in [0.717, 1.165) is 12.0 Å². The average molecular weight is 266 g/mol. The molecule has 0 fully saturated rings. The maximum absolute atomic E-state index is 11.9. The van der Waals surface area contributed by atoms with E-state index in [1.54, 1.807) is 20.3 Å². The number of amides is 1. The Bertz CT molecular complexity index is 417. The molecule has 0 bridgehead atoms. The quantitative estimate of drug-likeness (QED) is 0.775. The SMILES string of the molecule is CCC(CN)NC(=O)Cc1ccc(OC)c(OC)c1. The van der Waals surface area contributed by atoms with E-state index in [0.29, 0.717) is 24.5 Å². The summed E-state index contributed by atoms with van der Waals surface area (Å²) in [6.45, 7) is 2.45. The summed E-state index contributed by atoms with van der Waals surface area (Å²) in [5.74, 6) is 1.24. The van der Waals surface area contributed by atoms with Gasteiger partial charge in [-0.25, -0.2) is 0 Å². The van der Waals surface area contributed by atoms with Crippen molar-refractivity contribution < 1.29 is 14.3 Å². The molecule has 19 heavy (non-hydrogen) atoms. The number of benzene rings is 1. The molecule has 0 aliphatic heterocycles. The molecule has 0 aliphatic rings. The molecule has 0 radical (unpaired) electrons. The molecule has 0 aliphatic carbocycles. The summed E-state index contributed by atoms with van der Waals surface area (Å²) in [6.07, 6.45) is 1.13. The first-order valence-electron chi connectivity index (χ1n) is 6.34. The van der Waals surface area contributed by atoms with Crippen molar-refractivity contribution in [3.05, 3.63) is 23.8 Å². The summed E-state index contributed by atoms with van der Waals surface area (Å²) in [4.78, 5) is 11.9. The Hall–Kier alpha value is -1.75. The Kier molecular flexibility index (Phi) is 6.15. The highest BCUT2D eigenvalue weighted by Crippen LogP contribution is 2.27. The first-order valence-corrected chi connectivity index (χ1v) is 6.34. The molecule has 5 heteroatoms. The van der Waals surface area contributed by atoms with E-state index in [4.69, 9.17) is 15.2 Å². The average Bonchev–Trinajstić information content (AvgIpc) is 2.44. The molecule has 1 unspecified atom stereocenters. The van der Waals surface area contributed by atoms with Crippen LogP contribution in [0.5, 0.6) is 11.5 Å². The van der Waals surface area contributed by atoms with Crippen molar-refractivity contribution in [3.63, 3.8) is 0 Å². The molecule has 1 aromatic carbocycles. The minimum atomic E-state index is -0.0375. The Morgan fingerprint density at radius 3 is 2.53 bits per heavy atom. The molecular formula is C14H22N2O3. The molecule has 1 amide bonds. The van der Waals surface area contributed by atoms with E-state index in [1.165, 1.54) is 0 Å². The second-order valence-corrected chi connectivity index (χ2v) is 4.27. The van der Waals surface area contributed by atoms with Gasteiger partial charge in [0.05, 0.1) is 20.6 Å². The molecule has 0 saturated heterocycles. The third-order valence-electron chi connectivity index (χ3n) is 2.96. The number of hydrogen-bond acceptors (Lipinski definition) is 4. The van der Waals surface area contributed by atoms with Crippen LogP contribution in [0, 0.1) is 0 Å². The number of ether oxygens (including phenoxy) is 2. The van der Waals surface area contributed by atoms with Gasteiger partial charge in [0.25, 0.3) is 0 Å². The summed E-state index contributed by atoms with van der Waals surface area (Å²) in [5, 5.41) is 2.89. The highest BCUT2D eigenvalue weighted by molar-refractivity contribution is 5.79. The zero-order valence-corrected chi connectivity index (χ0v) is 11.7. The lowest BCUT2D eigenvalue weighted by Crippen LogP contribution is -2.40. The first-order chi connectivity index (χ1) is 9.14. The van der Waals surface area contributed by atoms with Gasteiger partial charge in [-0.05, 0) is 24.1 Å². The molecule has 0 spiro atoms. The van der Waals surface area contributed by atoms with Crippen molar-refractivity contribution in [2.45, 2.75) is 25.8 Å². The number of nitrogens with one attached hydrogen (secondary N) is 1. The fourth-order valence-corrected chi connectivity index (χ4v) is 1.78. The molecule has 0 saturated carbocycles. The van der Waals surface area contributed by atoms with Crippen molar-refractivity contribution in [1.82, 2.24) is 5.32 Å². The van der Waals surface area contributed by atoms with E-state index < -0.39 is 0 Å². The Morgan fingerprint density at radius 1 is 1.32 bits per heavy atom. The van der Waals surface area contributed by atoms with Crippen LogP contribution in [0.1, 0.15) is 18.9 Å². The molecule has 0 aromatic heterocycles. The van der Waals surface area contributed by atoms with Crippen LogP contribution >= 0.6 is 0 Å². The van der Waals surface area contributed by atoms with Gasteiger partial charge in [-0.2, -0.15) is 0 Å². The fourth-order valence-electron chi connectivity index (χ4n) is 1.78. The van der Waals surface area contributed by atoms with Crippen LogP contribution < -0.4 is 20.5 Å². The van der Waals surface area contributed by atoms with Gasteiger partial charge in [-0.15, -0.1) is 0 Å². The maximum Gasteiger partial charge on any atom is 0.224 e. The predicted octanol–water partition coefficient (Wildman–Crippen LogP) is 1.10. The van der Waals surface area contributed by atoms with Gasteiger partial charge in [0.15, 0.2) is 11.5 Å². The largest absolute Gasteiger partial charge is 0.493 e. The highest BCUT2D eigenvalue weighted by Gasteiger charge is 2.11. The minimum Gasteiger partial charge on any atom is -0.493 e. The van der Waals surface area contributed by atoms with Crippen molar-refractivity contribution in [3.8, 4) is 11.5 Å². The van der Waals surface area contributed by atoms with Crippen LogP contribution in [0.2, 0.25) is 0 Å². The second kappa shape index (κ2) is 7.63. The summed E-state index contributed by atoms with van der Waals surface area (Å²) in [6, 6.07) is 5.49. The van der Waals surface area contributed by atoms with Gasteiger partial charge >= 0.3 is 0 Å². The van der Waals surface area contributed by atoms with Crippen LogP contribution in [-0.2, 0) is 11.2 Å². The normalized spacial score (nSPS) is 11.8. The number of carbonyl (C=O) groups excluding carboxylic acids is 1. The highest BCUT2D eigenvalue weighted by atomic mass is 16.5. The molecule has 5 nitrogen and oxygen atoms in total. The van der Waals surface area contributed by atoms with Crippen LogP contribution in [0.25, 0.3) is 0 Å². The van der Waals surface area contributed by atoms with E-state index in [-0.39, 0.29) is 11.9 Å². The standard InChI is InChI=1S/C14H22N2O3/c1-4-11(9-15)16-14(17)8-10-5-6-12(18-2)13(7-10)19-3/h5-7,11H,4,8-9,15H2,1-3H3,(H,16,17). The van der Waals surface area contributed by atoms with Crippen LogP contribution in [0.15, 0.2) is 18.2 Å². The second-order valence-electron chi connectivity index (χ2n) is 4.27. The number of methoxy groups -OCH3 is 2. The van der Waals surface area contributed by atoms with Gasteiger partial charge in [0, 0.05) is 12.6 Å². The zero-order chi connectivity index (χ0) is 14.3. The van der Waals surface area contributed by atoms with E-state index >= 15 is 0 Å². The first kappa shape index (κ1) is 15.3. The van der Waals surface area contributed by atoms with Crippen molar-refractivity contribution in [1.29, 1.82) is 0 Å². The van der Waals surface area contributed by atoms with Gasteiger partial charge in [0.2, 0.25) is 5.91 Å². The van der Waals surface area contributed by atoms with Gasteiger partial charge in [0.1, 0.15) is 0 Å². The Labute approximate surface area is 114 Å². The minimum absolute atomic E-state index is 0.0349. The van der Waals surface area contributed by atoms with E-state index in [2.05, 4.69) is 5.32 Å². The lowest BCUT2D eigenvalue weighted by molar-refractivity contribution is -0.121. The molecule has 1 rings (SSSR count). The Balaban J connectivity index is 2.69. The topological polar surface area (TPSA) is 73.6 Å². The predicted molar refractivity (Wildman–Crippen MR) is 74.5 cm³/mol. The molecule has 1 aromatic rings. The Morgan fingerprint density at radius 2 is 2.00 bits per heavy atom. The third kappa shape index (κ3) is 4.44. The van der Waals surface area contributed by atoms with Crippen molar-refractivity contribution in [2.75, 3.05) is 20.8 Å².